The van der Waals surface area contributed by atoms with Crippen molar-refractivity contribution in [1.29, 1.82) is 0 Å². The lowest BCUT2D eigenvalue weighted by molar-refractivity contribution is 0.251. The maximum atomic E-state index is 11.9. The molecule has 0 unspecified atom stereocenters. The zero-order chi connectivity index (χ0) is 16.1. The van der Waals surface area contributed by atoms with E-state index in [2.05, 4.69) is 20.6 Å². The van der Waals surface area contributed by atoms with Gasteiger partial charge in [-0.2, -0.15) is 0 Å². The minimum Gasteiger partial charge on any atom is -0.334 e. The maximum absolute atomic E-state index is 11.9. The first kappa shape index (κ1) is 15.1. The highest BCUT2D eigenvalue weighted by Gasteiger charge is 2.03. The van der Waals surface area contributed by atoms with E-state index in [9.17, 15) is 4.79 Å². The largest absolute Gasteiger partial charge is 0.334 e. The number of nitrogens with one attached hydrogen (secondary N) is 2. The van der Waals surface area contributed by atoms with Crippen molar-refractivity contribution in [1.82, 2.24) is 19.9 Å². The number of benzene rings is 1. The fourth-order valence-electron chi connectivity index (χ4n) is 1.97. The standard InChI is InChI=1S/C16H14ClN5O/c17-13-3-1-12(2-4-13)9-20-16(23)21-14-5-6-15(19-10-14)22-8-7-18-11-22/h1-8,10-11H,9H2,(H2,20,21,23). The molecule has 0 aliphatic rings. The lowest BCUT2D eigenvalue weighted by atomic mass is 10.2. The zero-order valence-electron chi connectivity index (χ0n) is 12.1. The third-order valence-corrected chi connectivity index (χ3v) is 3.39. The Labute approximate surface area is 138 Å². The Kier molecular flexibility index (Phi) is 4.54. The second kappa shape index (κ2) is 6.93. The normalized spacial score (nSPS) is 10.3. The first-order chi connectivity index (χ1) is 11.2. The minimum absolute atomic E-state index is 0.294. The van der Waals surface area contributed by atoms with Gasteiger partial charge in [0, 0.05) is 24.0 Å². The third kappa shape index (κ3) is 4.08. The van der Waals surface area contributed by atoms with Crippen LogP contribution in [0.2, 0.25) is 5.02 Å². The second-order valence-corrected chi connectivity index (χ2v) is 5.25. The van der Waals surface area contributed by atoms with Crippen molar-refractivity contribution in [2.75, 3.05) is 5.32 Å². The van der Waals surface area contributed by atoms with Crippen LogP contribution in [0.5, 0.6) is 0 Å². The summed E-state index contributed by atoms with van der Waals surface area (Å²) in [5.41, 5.74) is 1.58. The molecule has 7 heteroatoms. The Hall–Kier alpha value is -2.86. The number of rotatable bonds is 4. The molecule has 2 aromatic heterocycles. The first-order valence-corrected chi connectivity index (χ1v) is 7.32. The van der Waals surface area contributed by atoms with Gasteiger partial charge in [-0.1, -0.05) is 23.7 Å². The van der Waals surface area contributed by atoms with Gasteiger partial charge in [0.2, 0.25) is 0 Å². The van der Waals surface area contributed by atoms with E-state index in [-0.39, 0.29) is 6.03 Å². The number of urea groups is 1. The molecule has 2 N–H and O–H groups in total. The van der Waals surface area contributed by atoms with E-state index in [4.69, 9.17) is 11.6 Å². The molecule has 0 saturated heterocycles. The average Bonchev–Trinajstić information content (AvgIpc) is 3.09. The molecule has 2 heterocycles. The summed E-state index contributed by atoms with van der Waals surface area (Å²) in [4.78, 5) is 20.1. The van der Waals surface area contributed by atoms with E-state index in [0.29, 0.717) is 17.3 Å². The van der Waals surface area contributed by atoms with Crippen LogP contribution in [0.15, 0.2) is 61.3 Å². The van der Waals surface area contributed by atoms with Crippen molar-refractivity contribution in [3.05, 3.63) is 71.9 Å². The van der Waals surface area contributed by atoms with E-state index < -0.39 is 0 Å². The van der Waals surface area contributed by atoms with Crippen LogP contribution in [0.25, 0.3) is 5.82 Å². The summed E-state index contributed by atoms with van der Waals surface area (Å²) in [7, 11) is 0. The number of nitrogens with zero attached hydrogens (tertiary/aromatic N) is 3. The molecule has 116 valence electrons. The number of amides is 2. The highest BCUT2D eigenvalue weighted by atomic mass is 35.5. The van der Waals surface area contributed by atoms with Gasteiger partial charge in [0.1, 0.15) is 12.1 Å². The Morgan fingerprint density at radius 2 is 2.00 bits per heavy atom. The van der Waals surface area contributed by atoms with Crippen molar-refractivity contribution >= 4 is 23.3 Å². The SMILES string of the molecule is O=C(NCc1ccc(Cl)cc1)Nc1ccc(-n2ccnc2)nc1. The molecule has 0 fully saturated rings. The number of imidazole rings is 1. The first-order valence-electron chi connectivity index (χ1n) is 6.94. The van der Waals surface area contributed by atoms with Crippen molar-refractivity contribution in [2.24, 2.45) is 0 Å². The van der Waals surface area contributed by atoms with Crippen molar-refractivity contribution in [2.45, 2.75) is 6.54 Å². The Morgan fingerprint density at radius 3 is 2.65 bits per heavy atom. The third-order valence-electron chi connectivity index (χ3n) is 3.14. The predicted octanol–water partition coefficient (Wildman–Crippen LogP) is 3.24. The summed E-state index contributed by atoms with van der Waals surface area (Å²) >= 11 is 5.82. The van der Waals surface area contributed by atoms with Gasteiger partial charge in [-0.15, -0.1) is 0 Å². The van der Waals surface area contributed by atoms with Crippen LogP contribution in [0.1, 0.15) is 5.56 Å². The molecule has 23 heavy (non-hydrogen) atoms. The van der Waals surface area contributed by atoms with Crippen LogP contribution < -0.4 is 10.6 Å². The summed E-state index contributed by atoms with van der Waals surface area (Å²) in [6, 6.07) is 10.6. The van der Waals surface area contributed by atoms with Crippen LogP contribution in [-0.2, 0) is 6.54 Å². The highest BCUT2D eigenvalue weighted by Crippen LogP contribution is 2.10. The lowest BCUT2D eigenvalue weighted by Gasteiger charge is -2.08. The number of anilines is 1. The van der Waals surface area contributed by atoms with E-state index in [0.717, 1.165) is 11.4 Å². The summed E-state index contributed by atoms with van der Waals surface area (Å²) in [5, 5.41) is 6.17. The van der Waals surface area contributed by atoms with Crippen LogP contribution in [0.4, 0.5) is 10.5 Å². The van der Waals surface area contributed by atoms with Gasteiger partial charge in [-0.3, -0.25) is 4.57 Å². The van der Waals surface area contributed by atoms with E-state index in [1.54, 1.807) is 53.8 Å². The molecule has 0 bridgehead atoms. The van der Waals surface area contributed by atoms with E-state index >= 15 is 0 Å². The Morgan fingerprint density at radius 1 is 1.17 bits per heavy atom. The van der Waals surface area contributed by atoms with Crippen LogP contribution in [0.3, 0.4) is 0 Å². The zero-order valence-corrected chi connectivity index (χ0v) is 12.9. The van der Waals surface area contributed by atoms with Gasteiger partial charge in [-0.05, 0) is 29.8 Å². The number of pyridine rings is 1. The molecule has 3 rings (SSSR count). The van der Waals surface area contributed by atoms with Crippen LogP contribution in [0, 0.1) is 0 Å². The number of hydrogen-bond acceptors (Lipinski definition) is 3. The number of carbonyl (C=O) groups is 1. The summed E-state index contributed by atoms with van der Waals surface area (Å²) < 4.78 is 1.78. The van der Waals surface area contributed by atoms with Crippen LogP contribution >= 0.6 is 11.6 Å². The topological polar surface area (TPSA) is 71.8 Å². The maximum Gasteiger partial charge on any atom is 0.319 e. The molecule has 1 aromatic carbocycles. The van der Waals surface area contributed by atoms with Crippen LogP contribution in [-0.4, -0.2) is 20.6 Å². The van der Waals surface area contributed by atoms with Gasteiger partial charge < -0.3 is 10.6 Å². The molecule has 0 aliphatic carbocycles. The van der Waals surface area contributed by atoms with E-state index in [1.807, 2.05) is 12.1 Å². The molecule has 2 amide bonds. The van der Waals surface area contributed by atoms with Gasteiger partial charge in [-0.25, -0.2) is 14.8 Å². The molecule has 0 saturated carbocycles. The monoisotopic (exact) mass is 327 g/mol. The van der Waals surface area contributed by atoms with Crippen molar-refractivity contribution in [3.63, 3.8) is 0 Å². The summed E-state index contributed by atoms with van der Waals surface area (Å²) in [6.45, 7) is 0.420. The minimum atomic E-state index is -0.294. The quantitative estimate of drug-likeness (QED) is 0.772. The molecular formula is C16H14ClN5O. The molecule has 6 nitrogen and oxygen atoms in total. The average molecular weight is 328 g/mol. The van der Waals surface area contributed by atoms with Crippen molar-refractivity contribution in [3.8, 4) is 5.82 Å². The van der Waals surface area contributed by atoms with E-state index in [1.165, 1.54) is 0 Å². The molecular weight excluding hydrogens is 314 g/mol. The van der Waals surface area contributed by atoms with Gasteiger partial charge in [0.05, 0.1) is 11.9 Å². The molecule has 0 aliphatic heterocycles. The Bertz CT molecular complexity index is 769. The Balaban J connectivity index is 1.54. The van der Waals surface area contributed by atoms with Crippen molar-refractivity contribution < 1.29 is 4.79 Å². The molecule has 0 spiro atoms. The predicted molar refractivity (Wildman–Crippen MR) is 88.7 cm³/mol. The molecule has 0 atom stereocenters. The summed E-state index contributed by atoms with van der Waals surface area (Å²) in [5.74, 6) is 0.731. The highest BCUT2D eigenvalue weighted by molar-refractivity contribution is 6.30. The van der Waals surface area contributed by atoms with Gasteiger partial charge in [0.15, 0.2) is 0 Å². The fraction of sp³-hybridized carbons (Fsp3) is 0.0625. The smallest absolute Gasteiger partial charge is 0.319 e. The van der Waals surface area contributed by atoms with Gasteiger partial charge in [0.25, 0.3) is 0 Å². The molecule has 3 aromatic rings. The number of aromatic nitrogens is 3. The number of halogens is 1. The van der Waals surface area contributed by atoms with Gasteiger partial charge >= 0.3 is 6.03 Å². The summed E-state index contributed by atoms with van der Waals surface area (Å²) in [6.07, 6.45) is 6.73. The number of carbonyl (C=O) groups excluding carboxylic acids is 1. The lowest BCUT2D eigenvalue weighted by Crippen LogP contribution is -2.28. The second-order valence-electron chi connectivity index (χ2n) is 4.81. The number of hydrogen-bond donors (Lipinski definition) is 2. The molecule has 0 radical (unpaired) electrons. The fourth-order valence-corrected chi connectivity index (χ4v) is 2.09.